The Morgan fingerprint density at radius 1 is 1.22 bits per heavy atom. The number of methoxy groups -OCH3 is 2. The molecule has 0 radical (unpaired) electrons. The smallest absolute Gasteiger partial charge is 0.172 e. The minimum absolute atomic E-state index is 0.0102. The fourth-order valence-corrected chi connectivity index (χ4v) is 3.67. The molecule has 0 saturated carbocycles. The van der Waals surface area contributed by atoms with Crippen LogP contribution in [0.2, 0.25) is 0 Å². The second-order valence-corrected chi connectivity index (χ2v) is 6.10. The van der Waals surface area contributed by atoms with Crippen molar-refractivity contribution in [2.45, 2.75) is 31.4 Å². The van der Waals surface area contributed by atoms with Crippen LogP contribution in [0, 0.1) is 0 Å². The molecule has 0 amide bonds. The summed E-state index contributed by atoms with van der Waals surface area (Å²) in [6, 6.07) is 2.09. The van der Waals surface area contributed by atoms with Crippen LogP contribution < -0.4 is 14.8 Å². The van der Waals surface area contributed by atoms with Crippen molar-refractivity contribution in [1.29, 1.82) is 0 Å². The van der Waals surface area contributed by atoms with Gasteiger partial charge < -0.3 is 24.6 Å². The number of fused-ring (bicyclic) bond motifs is 4. The van der Waals surface area contributed by atoms with Crippen LogP contribution in [-0.4, -0.2) is 32.0 Å². The highest BCUT2D eigenvalue weighted by Crippen LogP contribution is 2.50. The van der Waals surface area contributed by atoms with E-state index in [2.05, 4.69) is 11.4 Å². The molecule has 0 unspecified atom stereocenters. The fourth-order valence-electron chi connectivity index (χ4n) is 3.67. The number of aliphatic hydroxyl groups excluding tert-OH is 1. The predicted octanol–water partition coefficient (Wildman–Crippen LogP) is 2.30. The molecule has 122 valence electrons. The van der Waals surface area contributed by atoms with Crippen molar-refractivity contribution < 1.29 is 19.3 Å². The number of hydrogen-bond donors (Lipinski definition) is 2. The molecule has 5 heteroatoms. The Labute approximate surface area is 135 Å². The summed E-state index contributed by atoms with van der Waals surface area (Å²) in [6.07, 6.45) is 5.69. The molecule has 0 spiro atoms. The SMILES string of the molecule is COc1cc2c3c(c1OC)/C1=C\C[C@H](O)CC=C(O1)[C@H]3NCC2. The van der Waals surface area contributed by atoms with E-state index in [1.54, 1.807) is 14.2 Å². The number of aliphatic hydroxyl groups is 1. The van der Waals surface area contributed by atoms with Crippen LogP contribution in [0.5, 0.6) is 11.5 Å². The number of ether oxygens (including phenoxy) is 3. The van der Waals surface area contributed by atoms with Crippen LogP contribution in [0.4, 0.5) is 0 Å². The lowest BCUT2D eigenvalue weighted by Crippen LogP contribution is -2.35. The predicted molar refractivity (Wildman–Crippen MR) is 86.4 cm³/mol. The van der Waals surface area contributed by atoms with Crippen LogP contribution in [0.3, 0.4) is 0 Å². The van der Waals surface area contributed by atoms with Gasteiger partial charge in [0.25, 0.3) is 0 Å². The van der Waals surface area contributed by atoms with Gasteiger partial charge in [-0.15, -0.1) is 0 Å². The van der Waals surface area contributed by atoms with E-state index < -0.39 is 0 Å². The number of benzene rings is 1. The van der Waals surface area contributed by atoms with Gasteiger partial charge in [0.15, 0.2) is 11.5 Å². The number of rotatable bonds is 2. The van der Waals surface area contributed by atoms with E-state index in [4.69, 9.17) is 14.2 Å². The topological polar surface area (TPSA) is 60.0 Å². The summed E-state index contributed by atoms with van der Waals surface area (Å²) < 4.78 is 17.3. The Morgan fingerprint density at radius 3 is 2.83 bits per heavy atom. The highest BCUT2D eigenvalue weighted by molar-refractivity contribution is 5.77. The molecule has 1 aromatic carbocycles. The Morgan fingerprint density at radius 2 is 2.04 bits per heavy atom. The van der Waals surface area contributed by atoms with E-state index in [-0.39, 0.29) is 12.1 Å². The summed E-state index contributed by atoms with van der Waals surface area (Å²) in [5.41, 5.74) is 3.43. The standard InChI is InChI=1S/C18H21NO4/c1-21-14-9-10-7-8-19-17-13-6-4-11(20)3-5-12(23-13)16(15(10)17)18(14)22-2/h5-6,9,11,17,19-20H,3-4,7-8H2,1-2H3/b12-5+,13-6?/t11-,17+/m0/s1. The van der Waals surface area contributed by atoms with Crippen LogP contribution in [0.25, 0.3) is 5.76 Å². The summed E-state index contributed by atoms with van der Waals surface area (Å²) in [7, 11) is 3.30. The Bertz CT molecular complexity index is 707. The van der Waals surface area contributed by atoms with E-state index in [1.807, 2.05) is 12.2 Å². The largest absolute Gasteiger partial charge is 0.493 e. The van der Waals surface area contributed by atoms with Gasteiger partial charge in [0, 0.05) is 6.54 Å². The van der Waals surface area contributed by atoms with Crippen molar-refractivity contribution in [1.82, 2.24) is 5.32 Å². The fraction of sp³-hybridized carbons (Fsp3) is 0.444. The highest BCUT2D eigenvalue weighted by Gasteiger charge is 2.37. The average molecular weight is 315 g/mol. The molecule has 3 aliphatic rings. The van der Waals surface area contributed by atoms with Crippen LogP contribution >= 0.6 is 0 Å². The van der Waals surface area contributed by atoms with Crippen LogP contribution in [-0.2, 0) is 11.2 Å². The lowest BCUT2D eigenvalue weighted by molar-refractivity contribution is 0.174. The number of nitrogens with one attached hydrogen (secondary N) is 1. The highest BCUT2D eigenvalue weighted by atomic mass is 16.5. The Balaban J connectivity index is 2.01. The van der Waals surface area contributed by atoms with Gasteiger partial charge in [-0.1, -0.05) is 0 Å². The summed E-state index contributed by atoms with van der Waals surface area (Å²) in [6.45, 7) is 0.884. The first-order valence-corrected chi connectivity index (χ1v) is 8.00. The van der Waals surface area contributed by atoms with Gasteiger partial charge >= 0.3 is 0 Å². The van der Waals surface area contributed by atoms with Crippen molar-refractivity contribution >= 4 is 5.76 Å². The van der Waals surface area contributed by atoms with Gasteiger partial charge in [0.2, 0.25) is 0 Å². The number of hydrogen-bond acceptors (Lipinski definition) is 5. The molecule has 3 aliphatic heterocycles. The van der Waals surface area contributed by atoms with Crippen molar-refractivity contribution in [3.8, 4) is 11.5 Å². The zero-order valence-corrected chi connectivity index (χ0v) is 13.4. The third kappa shape index (κ3) is 2.23. The normalized spacial score (nSPS) is 27.4. The second kappa shape index (κ2) is 5.58. The molecular formula is C18H21NO4. The average Bonchev–Trinajstić information content (AvgIpc) is 2.57. The van der Waals surface area contributed by atoms with E-state index in [1.165, 1.54) is 11.1 Å². The van der Waals surface area contributed by atoms with E-state index in [0.717, 1.165) is 35.8 Å². The zero-order chi connectivity index (χ0) is 16.0. The summed E-state index contributed by atoms with van der Waals surface area (Å²) in [5, 5.41) is 13.6. The van der Waals surface area contributed by atoms with Gasteiger partial charge in [-0.25, -0.2) is 0 Å². The lowest BCUT2D eigenvalue weighted by Gasteiger charge is -2.37. The molecule has 2 bridgehead atoms. The molecular weight excluding hydrogens is 294 g/mol. The summed E-state index contributed by atoms with van der Waals surface area (Å²) >= 11 is 0. The molecule has 4 rings (SSSR count). The summed E-state index contributed by atoms with van der Waals surface area (Å²) in [5.74, 6) is 3.04. The maximum Gasteiger partial charge on any atom is 0.172 e. The third-order valence-corrected chi connectivity index (χ3v) is 4.75. The molecule has 0 aliphatic carbocycles. The van der Waals surface area contributed by atoms with Gasteiger partial charge in [-0.2, -0.15) is 0 Å². The molecule has 0 saturated heterocycles. The molecule has 2 N–H and O–H groups in total. The maximum absolute atomic E-state index is 10.1. The molecule has 2 atom stereocenters. The Hall–Kier alpha value is -1.98. The van der Waals surface area contributed by atoms with Gasteiger partial charge in [-0.3, -0.25) is 0 Å². The van der Waals surface area contributed by atoms with E-state index >= 15 is 0 Å². The molecule has 5 nitrogen and oxygen atoms in total. The van der Waals surface area contributed by atoms with Crippen LogP contribution in [0.1, 0.15) is 35.6 Å². The van der Waals surface area contributed by atoms with Gasteiger partial charge in [0.1, 0.15) is 11.5 Å². The Kier molecular flexibility index (Phi) is 3.54. The molecule has 0 aromatic heterocycles. The van der Waals surface area contributed by atoms with Crippen molar-refractivity contribution in [2.24, 2.45) is 0 Å². The first-order valence-electron chi connectivity index (χ1n) is 8.00. The second-order valence-electron chi connectivity index (χ2n) is 6.10. The first kappa shape index (κ1) is 14.6. The van der Waals surface area contributed by atoms with Gasteiger partial charge in [0.05, 0.1) is 31.9 Å². The van der Waals surface area contributed by atoms with E-state index in [9.17, 15) is 5.11 Å². The third-order valence-electron chi connectivity index (χ3n) is 4.75. The summed E-state index contributed by atoms with van der Waals surface area (Å²) in [4.78, 5) is 0. The maximum atomic E-state index is 10.1. The zero-order valence-electron chi connectivity index (χ0n) is 13.4. The first-order chi connectivity index (χ1) is 11.2. The molecule has 0 fully saturated rings. The monoisotopic (exact) mass is 315 g/mol. The van der Waals surface area contributed by atoms with Crippen molar-refractivity contribution in [2.75, 3.05) is 20.8 Å². The van der Waals surface area contributed by atoms with E-state index in [0.29, 0.717) is 18.6 Å². The minimum Gasteiger partial charge on any atom is -0.493 e. The lowest BCUT2D eigenvalue weighted by atomic mass is 9.84. The van der Waals surface area contributed by atoms with Gasteiger partial charge in [-0.05, 0) is 48.6 Å². The van der Waals surface area contributed by atoms with Crippen molar-refractivity contribution in [3.05, 3.63) is 40.7 Å². The molecule has 3 heterocycles. The minimum atomic E-state index is -0.384. The van der Waals surface area contributed by atoms with Crippen LogP contribution in [0.15, 0.2) is 24.0 Å². The molecule has 23 heavy (non-hydrogen) atoms. The molecule has 1 aromatic rings. The van der Waals surface area contributed by atoms with Crippen molar-refractivity contribution in [3.63, 3.8) is 0 Å². The quantitative estimate of drug-likeness (QED) is 0.877.